The predicted octanol–water partition coefficient (Wildman–Crippen LogP) is 5.60. The molecular weight excluding hydrogens is 318 g/mol. The van der Waals surface area contributed by atoms with E-state index in [2.05, 4.69) is 37.0 Å². The van der Waals surface area contributed by atoms with Crippen LogP contribution in [0.3, 0.4) is 0 Å². The quantitative estimate of drug-likeness (QED) is 0.215. The number of nitrogens with one attached hydrogen (secondary N) is 1. The fourth-order valence-electron chi connectivity index (χ4n) is 2.61. The fourth-order valence-corrected chi connectivity index (χ4v) is 2.69. The van der Waals surface area contributed by atoms with Crippen LogP contribution in [0.2, 0.25) is 0 Å². The minimum Gasteiger partial charge on any atom is -0.296 e. The van der Waals surface area contributed by atoms with Crippen molar-refractivity contribution in [2.75, 3.05) is 5.75 Å². The van der Waals surface area contributed by atoms with Gasteiger partial charge in [0.25, 0.3) is 0 Å². The Labute approximate surface area is 154 Å². The minimum atomic E-state index is -0.309. The largest absolute Gasteiger partial charge is 0.296 e. The summed E-state index contributed by atoms with van der Waals surface area (Å²) >= 11 is 3.82. The van der Waals surface area contributed by atoms with Crippen LogP contribution in [0.5, 0.6) is 0 Å². The van der Waals surface area contributed by atoms with Crippen molar-refractivity contribution in [2.45, 2.75) is 96.8 Å². The molecule has 0 unspecified atom stereocenters. The van der Waals surface area contributed by atoms with Gasteiger partial charge in [-0.25, -0.2) is 0 Å². The van der Waals surface area contributed by atoms with Crippen LogP contribution in [0.1, 0.15) is 96.8 Å². The number of imide groups is 1. The monoisotopic (exact) mass is 355 g/mol. The van der Waals surface area contributed by atoms with Gasteiger partial charge in [0.15, 0.2) is 0 Å². The molecule has 1 N–H and O–H groups in total. The summed E-state index contributed by atoms with van der Waals surface area (Å²) in [6.45, 7) is 2.26. The van der Waals surface area contributed by atoms with E-state index in [4.69, 9.17) is 0 Å². The Morgan fingerprint density at radius 3 is 1.79 bits per heavy atom. The van der Waals surface area contributed by atoms with Crippen LogP contribution in [0.15, 0.2) is 12.2 Å². The predicted molar refractivity (Wildman–Crippen MR) is 106 cm³/mol. The van der Waals surface area contributed by atoms with E-state index in [1.54, 1.807) is 0 Å². The number of hydrogen-bond acceptors (Lipinski definition) is 3. The molecule has 0 aliphatic heterocycles. The van der Waals surface area contributed by atoms with Gasteiger partial charge >= 0.3 is 0 Å². The highest BCUT2D eigenvalue weighted by Gasteiger charge is 2.04. The third-order valence-electron chi connectivity index (χ3n) is 4.09. The number of thiol groups is 1. The highest BCUT2D eigenvalue weighted by atomic mass is 32.1. The molecule has 0 bridgehead atoms. The lowest BCUT2D eigenvalue weighted by Crippen LogP contribution is -2.30. The number of allylic oxidation sites excluding steroid dienone is 2. The smallest absolute Gasteiger partial charge is 0.236 e. The zero-order valence-electron chi connectivity index (χ0n) is 15.5. The van der Waals surface area contributed by atoms with Crippen molar-refractivity contribution in [3.63, 3.8) is 0 Å². The van der Waals surface area contributed by atoms with Crippen LogP contribution in [0.4, 0.5) is 0 Å². The normalized spacial score (nSPS) is 11.1. The summed E-state index contributed by atoms with van der Waals surface area (Å²) in [6, 6.07) is 0. The second kappa shape index (κ2) is 18.6. The molecule has 0 spiro atoms. The third-order valence-corrected chi connectivity index (χ3v) is 4.38. The Balaban J connectivity index is 3.23. The molecule has 0 saturated heterocycles. The van der Waals surface area contributed by atoms with E-state index in [0.717, 1.165) is 12.8 Å². The molecular formula is C20H37NO2S. The molecule has 0 heterocycles. The van der Waals surface area contributed by atoms with Crippen molar-refractivity contribution < 1.29 is 9.59 Å². The van der Waals surface area contributed by atoms with E-state index in [9.17, 15) is 9.59 Å². The number of unbranched alkanes of at least 4 members (excludes halogenated alkanes) is 11. The molecule has 3 nitrogen and oxygen atoms in total. The second-order valence-corrected chi connectivity index (χ2v) is 6.78. The van der Waals surface area contributed by atoms with Gasteiger partial charge in [0.1, 0.15) is 0 Å². The Morgan fingerprint density at radius 1 is 0.750 bits per heavy atom. The van der Waals surface area contributed by atoms with Gasteiger partial charge in [-0.2, -0.15) is 12.6 Å². The van der Waals surface area contributed by atoms with Gasteiger partial charge < -0.3 is 0 Å². The molecule has 4 heteroatoms. The molecule has 0 aromatic carbocycles. The van der Waals surface area contributed by atoms with Crippen LogP contribution < -0.4 is 5.32 Å². The summed E-state index contributed by atoms with van der Waals surface area (Å²) in [5, 5.41) is 2.32. The van der Waals surface area contributed by atoms with Crippen LogP contribution in [-0.4, -0.2) is 17.6 Å². The zero-order chi connectivity index (χ0) is 17.9. The molecule has 0 fully saturated rings. The van der Waals surface area contributed by atoms with E-state index < -0.39 is 0 Å². The van der Waals surface area contributed by atoms with Crippen LogP contribution in [-0.2, 0) is 9.59 Å². The summed E-state index contributed by atoms with van der Waals surface area (Å²) in [7, 11) is 0. The van der Waals surface area contributed by atoms with Gasteiger partial charge in [0, 0.05) is 6.42 Å². The summed E-state index contributed by atoms with van der Waals surface area (Å²) in [5.41, 5.74) is 0. The third kappa shape index (κ3) is 17.6. The average Bonchev–Trinajstić information content (AvgIpc) is 2.58. The van der Waals surface area contributed by atoms with Crippen LogP contribution >= 0.6 is 12.6 Å². The zero-order valence-corrected chi connectivity index (χ0v) is 16.4. The molecule has 0 atom stereocenters. The molecule has 140 valence electrons. The first kappa shape index (κ1) is 23.2. The highest BCUT2D eigenvalue weighted by Crippen LogP contribution is 2.09. The maximum Gasteiger partial charge on any atom is 0.236 e. The lowest BCUT2D eigenvalue weighted by atomic mass is 10.1. The van der Waals surface area contributed by atoms with Crippen molar-refractivity contribution in [2.24, 2.45) is 0 Å². The fraction of sp³-hybridized carbons (Fsp3) is 0.800. The molecule has 0 aliphatic rings. The van der Waals surface area contributed by atoms with E-state index >= 15 is 0 Å². The van der Waals surface area contributed by atoms with Crippen molar-refractivity contribution in [1.29, 1.82) is 0 Å². The second-order valence-electron chi connectivity index (χ2n) is 6.46. The number of rotatable bonds is 16. The summed E-state index contributed by atoms with van der Waals surface area (Å²) < 4.78 is 0. The Hall–Kier alpha value is -0.770. The molecule has 0 rings (SSSR count). The first-order chi connectivity index (χ1) is 11.7. The van der Waals surface area contributed by atoms with Gasteiger partial charge in [-0.1, -0.05) is 70.4 Å². The Kier molecular flexibility index (Phi) is 18.0. The van der Waals surface area contributed by atoms with E-state index in [-0.39, 0.29) is 17.6 Å². The number of amides is 2. The maximum atomic E-state index is 11.4. The van der Waals surface area contributed by atoms with Crippen LogP contribution in [0.25, 0.3) is 0 Å². The van der Waals surface area contributed by atoms with Gasteiger partial charge in [-0.15, -0.1) is 0 Å². The first-order valence-electron chi connectivity index (χ1n) is 9.79. The topological polar surface area (TPSA) is 46.2 Å². The maximum absolute atomic E-state index is 11.4. The Bertz CT molecular complexity index is 343. The first-order valence-corrected chi connectivity index (χ1v) is 10.4. The average molecular weight is 356 g/mol. The summed E-state index contributed by atoms with van der Waals surface area (Å²) in [4.78, 5) is 22.3. The highest BCUT2D eigenvalue weighted by molar-refractivity contribution is 7.81. The van der Waals surface area contributed by atoms with Crippen molar-refractivity contribution in [3.05, 3.63) is 12.2 Å². The molecule has 0 radical (unpaired) electrons. The molecule has 0 aromatic heterocycles. The van der Waals surface area contributed by atoms with Crippen molar-refractivity contribution >= 4 is 24.4 Å². The molecule has 0 aromatic rings. The van der Waals surface area contributed by atoms with E-state index in [0.29, 0.717) is 6.42 Å². The van der Waals surface area contributed by atoms with Gasteiger partial charge in [-0.3, -0.25) is 14.9 Å². The lowest BCUT2D eigenvalue weighted by molar-refractivity contribution is -0.129. The van der Waals surface area contributed by atoms with Crippen molar-refractivity contribution in [1.82, 2.24) is 5.32 Å². The van der Waals surface area contributed by atoms with Gasteiger partial charge in [0.05, 0.1) is 5.75 Å². The van der Waals surface area contributed by atoms with E-state index in [1.165, 1.54) is 70.6 Å². The molecule has 2 amide bonds. The van der Waals surface area contributed by atoms with Crippen molar-refractivity contribution in [3.8, 4) is 0 Å². The van der Waals surface area contributed by atoms with Crippen LogP contribution in [0, 0.1) is 0 Å². The summed E-state index contributed by atoms with van der Waals surface area (Å²) in [5.74, 6) is -0.416. The number of carbonyl (C=O) groups is 2. The minimum absolute atomic E-state index is 0.0676. The molecule has 0 saturated carbocycles. The number of carbonyl (C=O) groups excluding carboxylic acids is 2. The number of hydrogen-bond donors (Lipinski definition) is 2. The van der Waals surface area contributed by atoms with E-state index in [1.807, 2.05) is 0 Å². The Morgan fingerprint density at radius 2 is 1.25 bits per heavy atom. The van der Waals surface area contributed by atoms with Gasteiger partial charge in [0.2, 0.25) is 11.8 Å². The molecule has 0 aliphatic carbocycles. The summed E-state index contributed by atoms with van der Waals surface area (Å²) in [6.07, 6.45) is 21.2. The molecule has 24 heavy (non-hydrogen) atoms. The van der Waals surface area contributed by atoms with Gasteiger partial charge in [-0.05, 0) is 32.1 Å². The SMILES string of the molecule is CCCCCCCCC=CCCCCCCCC(=O)NC(=O)CS. The standard InChI is InChI=1S/C20H37NO2S/c1-2-3-4-5-6-7-8-9-10-11-12-13-14-15-16-17-19(22)21-20(23)18-24/h9-10,24H,2-8,11-18H2,1H3,(H,21,22,23). The lowest BCUT2D eigenvalue weighted by Gasteiger charge is -2.02.